The molecule has 0 spiro atoms. The zero-order valence-corrected chi connectivity index (χ0v) is 19.8. The number of amides is 1. The molecule has 1 aromatic heterocycles. The molecule has 1 amide bonds. The topological polar surface area (TPSA) is 55.4 Å². The van der Waals surface area contributed by atoms with Crippen molar-refractivity contribution in [3.8, 4) is 11.1 Å². The quantitative estimate of drug-likeness (QED) is 0.314. The largest absolute Gasteiger partial charge is 0.456 e. The van der Waals surface area contributed by atoms with E-state index < -0.39 is 16.9 Å². The number of hydrogen-bond acceptors (Lipinski definition) is 4. The second-order valence-electron chi connectivity index (χ2n) is 8.01. The van der Waals surface area contributed by atoms with E-state index in [0.29, 0.717) is 27.6 Å². The summed E-state index contributed by atoms with van der Waals surface area (Å²) in [6, 6.07) is 16.7. The van der Waals surface area contributed by atoms with Crippen LogP contribution in [0.2, 0.25) is 5.02 Å². The van der Waals surface area contributed by atoms with Crippen LogP contribution in [-0.2, 0) is 16.0 Å². The van der Waals surface area contributed by atoms with Gasteiger partial charge in [-0.25, -0.2) is 4.79 Å². The highest BCUT2D eigenvalue weighted by Gasteiger charge is 2.28. The van der Waals surface area contributed by atoms with Crippen LogP contribution in [0.3, 0.4) is 0 Å². The Balaban J connectivity index is 1.89. The first-order valence-electron chi connectivity index (χ1n) is 9.73. The second kappa shape index (κ2) is 9.86. The summed E-state index contributed by atoms with van der Waals surface area (Å²) in [5.74, 6) is -0.886. The molecule has 0 aliphatic rings. The minimum absolute atomic E-state index is 0.305. The Labute approximate surface area is 196 Å². The number of carbonyl (C=O) groups is 2. The number of halogens is 2. The molecule has 31 heavy (non-hydrogen) atoms. The van der Waals surface area contributed by atoms with E-state index in [1.54, 1.807) is 32.9 Å². The first-order chi connectivity index (χ1) is 14.6. The molecular formula is C24H23Cl2NO3S. The van der Waals surface area contributed by atoms with Crippen molar-refractivity contribution in [3.63, 3.8) is 0 Å². The monoisotopic (exact) mass is 475 g/mol. The van der Waals surface area contributed by atoms with Crippen molar-refractivity contribution < 1.29 is 14.3 Å². The Morgan fingerprint density at radius 1 is 1.06 bits per heavy atom. The smallest absolute Gasteiger partial charge is 0.342 e. The molecular weight excluding hydrogens is 453 g/mol. The van der Waals surface area contributed by atoms with Gasteiger partial charge < -0.3 is 10.1 Å². The zero-order valence-electron chi connectivity index (χ0n) is 17.4. The lowest BCUT2D eigenvalue weighted by Crippen LogP contribution is -2.27. The van der Waals surface area contributed by atoms with E-state index in [-0.39, 0.29) is 5.91 Å². The third kappa shape index (κ3) is 6.33. The van der Waals surface area contributed by atoms with Crippen LogP contribution in [0, 0.1) is 0 Å². The highest BCUT2D eigenvalue weighted by atomic mass is 35.5. The molecule has 1 atom stereocenters. The summed E-state index contributed by atoms with van der Waals surface area (Å²) in [4.78, 5) is 25.8. The summed E-state index contributed by atoms with van der Waals surface area (Å²) >= 11 is 13.6. The van der Waals surface area contributed by atoms with Gasteiger partial charge in [-0.1, -0.05) is 54.1 Å². The van der Waals surface area contributed by atoms with Gasteiger partial charge in [-0.2, -0.15) is 0 Å². The third-order valence-electron chi connectivity index (χ3n) is 4.33. The van der Waals surface area contributed by atoms with Crippen LogP contribution in [0.15, 0.2) is 60.0 Å². The van der Waals surface area contributed by atoms with Crippen LogP contribution in [0.4, 0.5) is 5.00 Å². The van der Waals surface area contributed by atoms with Gasteiger partial charge in [0.15, 0.2) is 0 Å². The number of thiophene rings is 1. The Hall–Kier alpha value is -2.34. The second-order valence-corrected chi connectivity index (χ2v) is 9.85. The lowest BCUT2D eigenvalue weighted by molar-refractivity contribution is -0.115. The number of carbonyl (C=O) groups excluding carboxylic acids is 2. The molecule has 7 heteroatoms. The Morgan fingerprint density at radius 2 is 1.71 bits per heavy atom. The Kier molecular flexibility index (Phi) is 7.42. The fraction of sp³-hybridized carbons (Fsp3) is 0.250. The predicted octanol–water partition coefficient (Wildman–Crippen LogP) is 6.81. The fourth-order valence-electron chi connectivity index (χ4n) is 2.93. The average molecular weight is 476 g/mol. The molecule has 3 aromatic rings. The molecule has 162 valence electrons. The fourth-order valence-corrected chi connectivity index (χ4v) is 4.25. The molecule has 0 aliphatic heterocycles. The summed E-state index contributed by atoms with van der Waals surface area (Å²) in [6.45, 7) is 5.39. The minimum atomic E-state index is -0.782. The highest BCUT2D eigenvalue weighted by molar-refractivity contribution is 7.15. The maximum Gasteiger partial charge on any atom is 0.342 e. The van der Waals surface area contributed by atoms with Crippen molar-refractivity contribution in [1.82, 2.24) is 0 Å². The van der Waals surface area contributed by atoms with Gasteiger partial charge >= 0.3 is 5.97 Å². The molecule has 0 saturated heterocycles. The van der Waals surface area contributed by atoms with E-state index in [4.69, 9.17) is 27.9 Å². The molecule has 0 fully saturated rings. The van der Waals surface area contributed by atoms with Crippen molar-refractivity contribution in [2.75, 3.05) is 5.32 Å². The summed E-state index contributed by atoms with van der Waals surface area (Å²) in [5, 5.41) is 4.86. The highest BCUT2D eigenvalue weighted by Crippen LogP contribution is 2.37. The summed E-state index contributed by atoms with van der Waals surface area (Å²) < 4.78 is 5.60. The van der Waals surface area contributed by atoms with Gasteiger partial charge in [0.25, 0.3) is 0 Å². The van der Waals surface area contributed by atoms with Gasteiger partial charge in [0.1, 0.15) is 21.5 Å². The van der Waals surface area contributed by atoms with Gasteiger partial charge in [-0.05, 0) is 50.5 Å². The van der Waals surface area contributed by atoms with Crippen LogP contribution < -0.4 is 5.32 Å². The Bertz CT molecular complexity index is 1060. The van der Waals surface area contributed by atoms with Gasteiger partial charge in [0.05, 0.1) is 0 Å². The van der Waals surface area contributed by atoms with Gasteiger partial charge in [0, 0.05) is 16.0 Å². The standard InChI is InChI=1S/C24H23Cl2NO3S/c1-24(2,3)30-23(29)20-18(16-9-11-17(25)12-10-16)14-31-22(20)27-21(28)19(26)13-15-7-5-4-6-8-15/h4-12,14,19H,13H2,1-3H3,(H,27,28). The average Bonchev–Trinajstić information content (AvgIpc) is 3.11. The van der Waals surface area contributed by atoms with Crippen LogP contribution in [0.25, 0.3) is 11.1 Å². The van der Waals surface area contributed by atoms with E-state index in [1.807, 2.05) is 47.8 Å². The van der Waals surface area contributed by atoms with E-state index in [1.165, 1.54) is 11.3 Å². The summed E-state index contributed by atoms with van der Waals surface area (Å²) in [5.41, 5.74) is 2.05. The predicted molar refractivity (Wildman–Crippen MR) is 128 cm³/mol. The number of hydrogen-bond donors (Lipinski definition) is 1. The SMILES string of the molecule is CC(C)(C)OC(=O)c1c(-c2ccc(Cl)cc2)csc1NC(=O)C(Cl)Cc1ccccc1. The molecule has 1 unspecified atom stereocenters. The van der Waals surface area contributed by atoms with Crippen molar-refractivity contribution in [1.29, 1.82) is 0 Å². The molecule has 2 aromatic carbocycles. The number of nitrogens with one attached hydrogen (secondary N) is 1. The van der Waals surface area contributed by atoms with Gasteiger partial charge in [0.2, 0.25) is 5.91 Å². The lowest BCUT2D eigenvalue weighted by atomic mass is 10.0. The molecule has 0 aliphatic carbocycles. The zero-order chi connectivity index (χ0) is 22.6. The van der Waals surface area contributed by atoms with Crippen molar-refractivity contribution in [3.05, 3.63) is 76.1 Å². The summed E-state index contributed by atoms with van der Waals surface area (Å²) in [6.07, 6.45) is 0.380. The lowest BCUT2D eigenvalue weighted by Gasteiger charge is -2.20. The van der Waals surface area contributed by atoms with E-state index >= 15 is 0 Å². The van der Waals surface area contributed by atoms with E-state index in [2.05, 4.69) is 5.32 Å². The van der Waals surface area contributed by atoms with Crippen LogP contribution >= 0.6 is 34.5 Å². The molecule has 0 saturated carbocycles. The molecule has 3 rings (SSSR count). The molecule has 0 bridgehead atoms. The molecule has 1 heterocycles. The number of benzene rings is 2. The Morgan fingerprint density at radius 3 is 2.32 bits per heavy atom. The molecule has 1 N–H and O–H groups in total. The van der Waals surface area contributed by atoms with Gasteiger partial charge in [-0.15, -0.1) is 22.9 Å². The van der Waals surface area contributed by atoms with Crippen LogP contribution in [0.1, 0.15) is 36.7 Å². The van der Waals surface area contributed by atoms with Crippen molar-refractivity contribution >= 4 is 51.4 Å². The van der Waals surface area contributed by atoms with E-state index in [0.717, 1.165) is 11.1 Å². The maximum atomic E-state index is 13.0. The minimum Gasteiger partial charge on any atom is -0.456 e. The number of rotatable bonds is 6. The van der Waals surface area contributed by atoms with Crippen LogP contribution in [0.5, 0.6) is 0 Å². The first kappa shape index (κ1) is 23.3. The third-order valence-corrected chi connectivity index (χ3v) is 5.83. The first-order valence-corrected chi connectivity index (χ1v) is 11.4. The molecule has 4 nitrogen and oxygen atoms in total. The van der Waals surface area contributed by atoms with Gasteiger partial charge in [-0.3, -0.25) is 4.79 Å². The molecule has 0 radical (unpaired) electrons. The van der Waals surface area contributed by atoms with Crippen LogP contribution in [-0.4, -0.2) is 22.9 Å². The maximum absolute atomic E-state index is 13.0. The number of ether oxygens (including phenoxy) is 1. The van der Waals surface area contributed by atoms with Crippen molar-refractivity contribution in [2.45, 2.75) is 38.2 Å². The summed E-state index contributed by atoms with van der Waals surface area (Å²) in [7, 11) is 0. The number of alkyl halides is 1. The number of anilines is 1. The van der Waals surface area contributed by atoms with Crippen molar-refractivity contribution in [2.24, 2.45) is 0 Å². The normalized spacial score (nSPS) is 12.3. The van der Waals surface area contributed by atoms with E-state index in [9.17, 15) is 9.59 Å². The number of esters is 1.